The standard InChI is InChI=1S/C22H16N4O3S/c27-18-11-5-4-10-16(18)20(28)25-23-14-17-21(30-15-8-2-1-3-9-15)24-19-12-6-7-13-26(19)22(17)29/h1-14,27H,(H,25,28)/b23-14+. The van der Waals surface area contributed by atoms with Gasteiger partial charge in [-0.2, -0.15) is 5.10 Å². The number of hydrogen-bond acceptors (Lipinski definition) is 6. The molecule has 0 radical (unpaired) electrons. The maximum absolute atomic E-state index is 13.0. The number of aromatic nitrogens is 2. The molecule has 0 spiro atoms. The van der Waals surface area contributed by atoms with Gasteiger partial charge in [0.05, 0.1) is 17.3 Å². The average molecular weight is 416 g/mol. The van der Waals surface area contributed by atoms with Crippen LogP contribution in [0.2, 0.25) is 0 Å². The lowest BCUT2D eigenvalue weighted by atomic mass is 10.2. The number of pyridine rings is 1. The third-order valence-corrected chi connectivity index (χ3v) is 5.21. The van der Waals surface area contributed by atoms with E-state index in [4.69, 9.17) is 0 Å². The van der Waals surface area contributed by atoms with Crippen LogP contribution in [-0.2, 0) is 0 Å². The minimum Gasteiger partial charge on any atom is -0.507 e. The van der Waals surface area contributed by atoms with E-state index in [9.17, 15) is 14.7 Å². The van der Waals surface area contributed by atoms with Gasteiger partial charge < -0.3 is 5.11 Å². The fraction of sp³-hybridized carbons (Fsp3) is 0. The van der Waals surface area contributed by atoms with E-state index >= 15 is 0 Å². The highest BCUT2D eigenvalue weighted by Crippen LogP contribution is 2.27. The second-order valence-electron chi connectivity index (χ2n) is 6.20. The summed E-state index contributed by atoms with van der Waals surface area (Å²) in [5.74, 6) is -0.742. The molecular formula is C22H16N4O3S. The lowest BCUT2D eigenvalue weighted by Crippen LogP contribution is -2.23. The van der Waals surface area contributed by atoms with E-state index in [2.05, 4.69) is 15.5 Å². The number of hydrogen-bond donors (Lipinski definition) is 2. The van der Waals surface area contributed by atoms with Gasteiger partial charge in [0.1, 0.15) is 16.4 Å². The molecule has 0 saturated carbocycles. The molecular weight excluding hydrogens is 400 g/mol. The number of fused-ring (bicyclic) bond motifs is 1. The van der Waals surface area contributed by atoms with Crippen LogP contribution >= 0.6 is 11.8 Å². The van der Waals surface area contributed by atoms with Crippen molar-refractivity contribution in [2.75, 3.05) is 0 Å². The molecule has 2 heterocycles. The summed E-state index contributed by atoms with van der Waals surface area (Å²) in [7, 11) is 0. The largest absolute Gasteiger partial charge is 0.507 e. The molecule has 0 unspecified atom stereocenters. The third-order valence-electron chi connectivity index (χ3n) is 4.20. The summed E-state index contributed by atoms with van der Waals surface area (Å²) in [6, 6.07) is 21.0. The van der Waals surface area contributed by atoms with Crippen molar-refractivity contribution in [2.24, 2.45) is 5.10 Å². The Balaban J connectivity index is 1.69. The average Bonchev–Trinajstić information content (AvgIpc) is 2.77. The molecule has 2 aromatic heterocycles. The third kappa shape index (κ3) is 4.08. The monoisotopic (exact) mass is 416 g/mol. The van der Waals surface area contributed by atoms with Gasteiger partial charge in [0.25, 0.3) is 11.5 Å². The molecule has 1 amide bonds. The highest BCUT2D eigenvalue weighted by molar-refractivity contribution is 7.99. The summed E-state index contributed by atoms with van der Waals surface area (Å²) < 4.78 is 1.42. The number of nitrogens with zero attached hydrogens (tertiary/aromatic N) is 3. The van der Waals surface area contributed by atoms with Gasteiger partial charge in [-0.25, -0.2) is 10.4 Å². The normalized spacial score (nSPS) is 11.1. The number of carbonyl (C=O) groups is 1. The first-order valence-corrected chi connectivity index (χ1v) is 9.81. The Labute approximate surface area is 175 Å². The molecule has 4 aromatic rings. The SMILES string of the molecule is O=C(N/N=C/c1c(Sc2ccccc2)nc2ccccn2c1=O)c1ccccc1O. The Morgan fingerprint density at radius 2 is 1.77 bits per heavy atom. The summed E-state index contributed by atoms with van der Waals surface area (Å²) in [5.41, 5.74) is 2.87. The Morgan fingerprint density at radius 1 is 1.03 bits per heavy atom. The second kappa shape index (κ2) is 8.62. The Hall–Kier alpha value is -3.91. The molecule has 2 aromatic carbocycles. The van der Waals surface area contributed by atoms with E-state index in [1.54, 1.807) is 36.5 Å². The summed E-state index contributed by atoms with van der Waals surface area (Å²) in [6.45, 7) is 0. The van der Waals surface area contributed by atoms with Crippen LogP contribution in [0.5, 0.6) is 5.75 Å². The maximum atomic E-state index is 13.0. The molecule has 148 valence electrons. The molecule has 0 aliphatic rings. The summed E-state index contributed by atoms with van der Waals surface area (Å²) in [4.78, 5) is 30.7. The van der Waals surface area contributed by atoms with Crippen molar-refractivity contribution in [3.8, 4) is 5.75 Å². The number of carbonyl (C=O) groups excluding carboxylic acids is 1. The first kappa shape index (κ1) is 19.4. The number of rotatable bonds is 5. The second-order valence-corrected chi connectivity index (χ2v) is 7.26. The van der Waals surface area contributed by atoms with Crippen molar-refractivity contribution in [2.45, 2.75) is 9.92 Å². The fourth-order valence-corrected chi connectivity index (χ4v) is 3.66. The maximum Gasteiger partial charge on any atom is 0.275 e. The van der Waals surface area contributed by atoms with Gasteiger partial charge in [0.2, 0.25) is 0 Å². The lowest BCUT2D eigenvalue weighted by molar-refractivity contribution is 0.0952. The number of amides is 1. The van der Waals surface area contributed by atoms with Gasteiger partial charge in [-0.15, -0.1) is 0 Å². The number of phenolic OH excluding ortho intramolecular Hbond substituents is 1. The molecule has 4 rings (SSSR count). The van der Waals surface area contributed by atoms with Crippen LogP contribution in [0.4, 0.5) is 0 Å². The van der Waals surface area contributed by atoms with Crippen LogP contribution in [0.25, 0.3) is 5.65 Å². The molecule has 0 saturated heterocycles. The van der Waals surface area contributed by atoms with Gasteiger partial charge in [0.15, 0.2) is 0 Å². The number of aromatic hydroxyl groups is 1. The number of phenols is 1. The summed E-state index contributed by atoms with van der Waals surface area (Å²) in [5, 5.41) is 14.2. The number of para-hydroxylation sites is 1. The fourth-order valence-electron chi connectivity index (χ4n) is 2.75. The molecule has 0 bridgehead atoms. The van der Waals surface area contributed by atoms with E-state index in [-0.39, 0.29) is 22.4 Å². The van der Waals surface area contributed by atoms with Gasteiger partial charge in [-0.05, 0) is 36.4 Å². The van der Waals surface area contributed by atoms with Crippen molar-refractivity contribution in [1.82, 2.24) is 14.8 Å². The van der Waals surface area contributed by atoms with E-state index < -0.39 is 5.91 Å². The molecule has 0 atom stereocenters. The molecule has 0 aliphatic heterocycles. The van der Waals surface area contributed by atoms with E-state index in [1.165, 1.54) is 34.5 Å². The van der Waals surface area contributed by atoms with Gasteiger partial charge in [0, 0.05) is 11.1 Å². The van der Waals surface area contributed by atoms with Gasteiger partial charge >= 0.3 is 0 Å². The molecule has 7 nitrogen and oxygen atoms in total. The smallest absolute Gasteiger partial charge is 0.275 e. The van der Waals surface area contributed by atoms with Crippen LogP contribution in [-0.4, -0.2) is 26.6 Å². The predicted molar refractivity (Wildman–Crippen MR) is 115 cm³/mol. The zero-order chi connectivity index (χ0) is 20.9. The van der Waals surface area contributed by atoms with E-state index in [0.29, 0.717) is 10.7 Å². The molecule has 0 fully saturated rings. The topological polar surface area (TPSA) is 96.1 Å². The number of benzene rings is 2. The van der Waals surface area contributed by atoms with Crippen LogP contribution in [0.3, 0.4) is 0 Å². The van der Waals surface area contributed by atoms with Gasteiger partial charge in [-0.3, -0.25) is 14.0 Å². The number of hydrazone groups is 1. The van der Waals surface area contributed by atoms with E-state index in [0.717, 1.165) is 4.90 Å². The minimum atomic E-state index is -0.588. The molecule has 8 heteroatoms. The Kier molecular flexibility index (Phi) is 5.58. The van der Waals surface area contributed by atoms with Crippen molar-refractivity contribution in [3.63, 3.8) is 0 Å². The Bertz CT molecular complexity index is 1300. The zero-order valence-electron chi connectivity index (χ0n) is 15.6. The van der Waals surface area contributed by atoms with E-state index in [1.807, 2.05) is 30.3 Å². The van der Waals surface area contributed by atoms with Gasteiger partial charge in [-0.1, -0.05) is 48.2 Å². The Morgan fingerprint density at radius 3 is 2.57 bits per heavy atom. The highest BCUT2D eigenvalue weighted by atomic mass is 32.2. The highest BCUT2D eigenvalue weighted by Gasteiger charge is 2.13. The first-order valence-electron chi connectivity index (χ1n) is 8.99. The first-order chi connectivity index (χ1) is 14.6. The number of nitrogens with one attached hydrogen (secondary N) is 1. The van der Waals surface area contributed by atoms with Crippen molar-refractivity contribution in [3.05, 3.63) is 100 Å². The van der Waals surface area contributed by atoms with Crippen LogP contribution in [0.15, 0.2) is 98.8 Å². The van der Waals surface area contributed by atoms with Crippen LogP contribution in [0, 0.1) is 0 Å². The minimum absolute atomic E-state index is 0.0851. The molecule has 0 aliphatic carbocycles. The van der Waals surface area contributed by atoms with Crippen LogP contribution in [0.1, 0.15) is 15.9 Å². The lowest BCUT2D eigenvalue weighted by Gasteiger charge is -2.08. The van der Waals surface area contributed by atoms with Crippen LogP contribution < -0.4 is 11.0 Å². The summed E-state index contributed by atoms with van der Waals surface area (Å²) in [6.07, 6.45) is 2.90. The van der Waals surface area contributed by atoms with Crippen molar-refractivity contribution in [1.29, 1.82) is 0 Å². The predicted octanol–water partition coefficient (Wildman–Crippen LogP) is 3.32. The van der Waals surface area contributed by atoms with Crippen molar-refractivity contribution < 1.29 is 9.90 Å². The quantitative estimate of drug-likeness (QED) is 0.296. The summed E-state index contributed by atoms with van der Waals surface area (Å²) >= 11 is 1.33. The molecule has 2 N–H and O–H groups in total. The molecule has 30 heavy (non-hydrogen) atoms. The van der Waals surface area contributed by atoms with Crippen molar-refractivity contribution >= 4 is 29.5 Å². The zero-order valence-corrected chi connectivity index (χ0v) is 16.4.